The lowest BCUT2D eigenvalue weighted by Gasteiger charge is -2.10. The van der Waals surface area contributed by atoms with Gasteiger partial charge in [-0.25, -0.2) is 15.0 Å². The van der Waals surface area contributed by atoms with Crippen molar-refractivity contribution in [3.63, 3.8) is 0 Å². The summed E-state index contributed by atoms with van der Waals surface area (Å²) in [6, 6.07) is 25.5. The molecule has 0 aliphatic heterocycles. The fourth-order valence-electron chi connectivity index (χ4n) is 4.44. The fourth-order valence-corrected chi connectivity index (χ4v) is 4.44. The minimum Gasteiger partial charge on any atom is -0.467 e. The van der Waals surface area contributed by atoms with E-state index in [4.69, 9.17) is 15.1 Å². The first-order chi connectivity index (χ1) is 17.7. The number of fused-ring (bicyclic) bond motifs is 2. The van der Waals surface area contributed by atoms with Crippen molar-refractivity contribution >= 4 is 28.0 Å². The van der Waals surface area contributed by atoms with Crippen LogP contribution in [0.25, 0.3) is 33.6 Å². The average Bonchev–Trinajstić information content (AvgIpc) is 3.62. The highest BCUT2D eigenvalue weighted by atomic mass is 16.3. The predicted octanol–water partition coefficient (Wildman–Crippen LogP) is 4.46. The molecule has 6 aromatic rings. The van der Waals surface area contributed by atoms with Gasteiger partial charge in [-0.15, -0.1) is 0 Å². The zero-order valence-corrected chi connectivity index (χ0v) is 19.0. The van der Waals surface area contributed by atoms with E-state index >= 15 is 0 Å². The van der Waals surface area contributed by atoms with Gasteiger partial charge in [0.15, 0.2) is 17.0 Å². The lowest BCUT2D eigenvalue weighted by molar-refractivity contribution is 0.497. The number of hydrogen-bond acceptors (Lipinski definition) is 7. The number of rotatable bonds is 5. The Morgan fingerprint density at radius 3 is 2.31 bits per heavy atom. The first-order valence-electron chi connectivity index (χ1n) is 11.2. The molecule has 36 heavy (non-hydrogen) atoms. The third-order valence-corrected chi connectivity index (χ3v) is 6.08. The molecular formula is C27H18N8O. The molecule has 0 atom stereocenters. The molecule has 9 nitrogen and oxygen atoms in total. The van der Waals surface area contributed by atoms with Gasteiger partial charge in [0, 0.05) is 6.54 Å². The van der Waals surface area contributed by atoms with Gasteiger partial charge in [-0.2, -0.15) is 10.5 Å². The smallest absolute Gasteiger partial charge is 0.179 e. The SMILES string of the molecule is N#Cc1nc2c(-c3nc4ccccc4n3Cc3ccccc3)c(N)n(Cc3ccco3)c2nc1C#N. The lowest BCUT2D eigenvalue weighted by Crippen LogP contribution is -2.07. The minimum absolute atomic E-state index is 0.0625. The number of hydrogen-bond donors (Lipinski definition) is 1. The van der Waals surface area contributed by atoms with Crippen LogP contribution in [0.1, 0.15) is 22.7 Å². The number of furan rings is 1. The average molecular weight is 470 g/mol. The normalized spacial score (nSPS) is 11.1. The highest BCUT2D eigenvalue weighted by Gasteiger charge is 2.26. The van der Waals surface area contributed by atoms with Gasteiger partial charge in [-0.05, 0) is 29.8 Å². The van der Waals surface area contributed by atoms with E-state index in [0.29, 0.717) is 40.7 Å². The van der Waals surface area contributed by atoms with Gasteiger partial charge in [0.2, 0.25) is 0 Å². The quantitative estimate of drug-likeness (QED) is 0.393. The zero-order chi connectivity index (χ0) is 24.6. The fraction of sp³-hybridized carbons (Fsp3) is 0.0741. The van der Waals surface area contributed by atoms with Crippen LogP contribution in [0.15, 0.2) is 77.4 Å². The lowest BCUT2D eigenvalue weighted by atomic mass is 10.2. The largest absolute Gasteiger partial charge is 0.467 e. The maximum absolute atomic E-state index is 9.64. The zero-order valence-electron chi connectivity index (χ0n) is 19.0. The van der Waals surface area contributed by atoms with E-state index in [1.165, 1.54) is 0 Å². The Morgan fingerprint density at radius 2 is 1.56 bits per heavy atom. The van der Waals surface area contributed by atoms with Crippen LogP contribution >= 0.6 is 0 Å². The van der Waals surface area contributed by atoms with Gasteiger partial charge in [-0.1, -0.05) is 42.5 Å². The molecule has 6 rings (SSSR count). The molecule has 4 aromatic heterocycles. The standard InChI is InChI=1S/C27H18N8O/c28-13-20-21(14-29)33-27-24(31-20)23(25(30)35(27)16-18-9-6-12-36-18)26-32-19-10-4-5-11-22(19)34(26)15-17-7-2-1-3-8-17/h1-12H,15-16,30H2. The number of nitrogens with zero attached hydrogens (tertiary/aromatic N) is 7. The summed E-state index contributed by atoms with van der Waals surface area (Å²) in [5.74, 6) is 1.63. The molecule has 0 saturated heterocycles. The van der Waals surface area contributed by atoms with Crippen molar-refractivity contribution in [1.82, 2.24) is 24.1 Å². The molecule has 0 spiro atoms. The van der Waals surface area contributed by atoms with Crippen LogP contribution in [-0.2, 0) is 13.1 Å². The number of anilines is 1. The third kappa shape index (κ3) is 3.35. The van der Waals surface area contributed by atoms with Gasteiger partial charge in [0.1, 0.15) is 35.1 Å². The van der Waals surface area contributed by atoms with Crippen molar-refractivity contribution < 1.29 is 4.42 Å². The maximum Gasteiger partial charge on any atom is 0.179 e. The number of aromatic nitrogens is 5. The van der Waals surface area contributed by atoms with Crippen molar-refractivity contribution in [2.45, 2.75) is 13.1 Å². The van der Waals surface area contributed by atoms with Crippen LogP contribution in [-0.4, -0.2) is 24.1 Å². The van der Waals surface area contributed by atoms with E-state index in [2.05, 4.69) is 26.7 Å². The Kier molecular flexibility index (Phi) is 4.95. The molecule has 0 fully saturated rings. The van der Waals surface area contributed by atoms with Crippen molar-refractivity contribution in [3.05, 3.63) is 95.7 Å². The second-order valence-corrected chi connectivity index (χ2v) is 8.24. The summed E-state index contributed by atoms with van der Waals surface area (Å²) >= 11 is 0. The number of para-hydroxylation sites is 2. The van der Waals surface area contributed by atoms with E-state index in [1.807, 2.05) is 60.7 Å². The van der Waals surface area contributed by atoms with Crippen LogP contribution < -0.4 is 5.73 Å². The van der Waals surface area contributed by atoms with E-state index in [1.54, 1.807) is 16.9 Å². The number of nitrogens with two attached hydrogens (primary N) is 1. The van der Waals surface area contributed by atoms with E-state index in [-0.39, 0.29) is 17.9 Å². The molecule has 0 saturated carbocycles. The van der Waals surface area contributed by atoms with Crippen molar-refractivity contribution in [2.75, 3.05) is 5.73 Å². The summed E-state index contributed by atoms with van der Waals surface area (Å²) in [5, 5.41) is 19.2. The first kappa shape index (κ1) is 21.1. The molecule has 0 bridgehead atoms. The van der Waals surface area contributed by atoms with Crippen LogP contribution in [0, 0.1) is 22.7 Å². The number of nitriles is 2. The summed E-state index contributed by atoms with van der Waals surface area (Å²) in [5.41, 5.74) is 10.8. The monoisotopic (exact) mass is 470 g/mol. The van der Waals surface area contributed by atoms with Gasteiger partial charge < -0.3 is 19.3 Å². The summed E-state index contributed by atoms with van der Waals surface area (Å²) in [4.78, 5) is 13.9. The molecule has 9 heteroatoms. The summed E-state index contributed by atoms with van der Waals surface area (Å²) in [7, 11) is 0. The summed E-state index contributed by atoms with van der Waals surface area (Å²) < 4.78 is 9.37. The number of imidazole rings is 1. The molecule has 2 N–H and O–H groups in total. The Balaban J connectivity index is 1.67. The molecule has 0 amide bonds. The summed E-state index contributed by atoms with van der Waals surface area (Å²) in [6.45, 7) is 0.829. The molecule has 2 aromatic carbocycles. The Bertz CT molecular complexity index is 1820. The van der Waals surface area contributed by atoms with Gasteiger partial charge in [-0.3, -0.25) is 0 Å². The van der Waals surface area contributed by atoms with Crippen LogP contribution in [0.2, 0.25) is 0 Å². The van der Waals surface area contributed by atoms with E-state index in [9.17, 15) is 10.5 Å². The topological polar surface area (TPSA) is 135 Å². The second kappa shape index (κ2) is 8.42. The van der Waals surface area contributed by atoms with Crippen molar-refractivity contribution in [1.29, 1.82) is 10.5 Å². The maximum atomic E-state index is 9.64. The minimum atomic E-state index is -0.0629. The summed E-state index contributed by atoms with van der Waals surface area (Å²) in [6.07, 6.45) is 1.58. The van der Waals surface area contributed by atoms with Gasteiger partial charge in [0.25, 0.3) is 0 Å². The Hall–Kier alpha value is -5.41. The number of nitrogen functional groups attached to an aromatic ring is 1. The van der Waals surface area contributed by atoms with Crippen molar-refractivity contribution in [2.24, 2.45) is 0 Å². The van der Waals surface area contributed by atoms with Crippen LogP contribution in [0.5, 0.6) is 0 Å². The molecule has 0 aliphatic rings. The highest BCUT2D eigenvalue weighted by molar-refractivity contribution is 5.99. The Labute approximate surface area is 205 Å². The van der Waals surface area contributed by atoms with Gasteiger partial charge >= 0.3 is 0 Å². The molecule has 0 radical (unpaired) electrons. The molecule has 172 valence electrons. The van der Waals surface area contributed by atoms with Crippen LogP contribution in [0.4, 0.5) is 5.82 Å². The highest BCUT2D eigenvalue weighted by Crippen LogP contribution is 2.37. The van der Waals surface area contributed by atoms with Crippen molar-refractivity contribution in [3.8, 4) is 23.5 Å². The Morgan fingerprint density at radius 1 is 0.806 bits per heavy atom. The molecule has 0 unspecified atom stereocenters. The molecular weight excluding hydrogens is 452 g/mol. The van der Waals surface area contributed by atoms with E-state index in [0.717, 1.165) is 16.6 Å². The third-order valence-electron chi connectivity index (χ3n) is 6.08. The number of benzene rings is 2. The predicted molar refractivity (Wildman–Crippen MR) is 133 cm³/mol. The van der Waals surface area contributed by atoms with E-state index < -0.39 is 0 Å². The van der Waals surface area contributed by atoms with Crippen LogP contribution in [0.3, 0.4) is 0 Å². The molecule has 4 heterocycles. The molecule has 0 aliphatic carbocycles. The van der Waals surface area contributed by atoms with Gasteiger partial charge in [0.05, 0.1) is 29.4 Å². The first-order valence-corrected chi connectivity index (χ1v) is 11.2. The second-order valence-electron chi connectivity index (χ2n) is 8.24.